The molecule has 0 unspecified atom stereocenters. The summed E-state index contributed by atoms with van der Waals surface area (Å²) in [6.45, 7) is 3.24. The molecule has 0 bridgehead atoms. The molecule has 0 saturated heterocycles. The lowest BCUT2D eigenvalue weighted by Crippen LogP contribution is -2.26. The molecule has 118 valence electrons. The zero-order chi connectivity index (χ0) is 15.5. The molecular weight excluding hydrogens is 284 g/mol. The van der Waals surface area contributed by atoms with Gasteiger partial charge in [0.25, 0.3) is 0 Å². The Balaban J connectivity index is 2.03. The van der Waals surface area contributed by atoms with Gasteiger partial charge in [-0.05, 0) is 48.9 Å². The van der Waals surface area contributed by atoms with Crippen molar-refractivity contribution >= 4 is 15.7 Å². The summed E-state index contributed by atoms with van der Waals surface area (Å²) < 4.78 is 25.3. The molecule has 0 radical (unpaired) electrons. The van der Waals surface area contributed by atoms with Gasteiger partial charge in [-0.2, -0.15) is 0 Å². The average Bonchev–Trinajstić information content (AvgIpc) is 2.95. The standard InChI is InChI=1S/C16H26N2O2S/c1-4-16(11-5-6-12-16)13-17-14-7-9-15(10-8-14)21(19,20)18(2)3/h7-10,17H,4-6,11-13H2,1-3H3. The van der Waals surface area contributed by atoms with Crippen LogP contribution in [0.5, 0.6) is 0 Å². The van der Waals surface area contributed by atoms with Crippen LogP contribution in [-0.4, -0.2) is 33.4 Å². The van der Waals surface area contributed by atoms with Crippen molar-refractivity contribution in [3.05, 3.63) is 24.3 Å². The SMILES string of the molecule is CCC1(CNc2ccc(S(=O)(=O)N(C)C)cc2)CCCC1. The lowest BCUT2D eigenvalue weighted by molar-refractivity contribution is 0.307. The van der Waals surface area contributed by atoms with Crippen LogP contribution in [0.15, 0.2) is 29.2 Å². The van der Waals surface area contributed by atoms with E-state index in [2.05, 4.69) is 12.2 Å². The van der Waals surface area contributed by atoms with E-state index in [1.54, 1.807) is 26.2 Å². The number of sulfonamides is 1. The van der Waals surface area contributed by atoms with Crippen molar-refractivity contribution in [3.8, 4) is 0 Å². The fraction of sp³-hybridized carbons (Fsp3) is 0.625. The smallest absolute Gasteiger partial charge is 0.242 e. The molecule has 4 nitrogen and oxygen atoms in total. The van der Waals surface area contributed by atoms with Crippen molar-refractivity contribution in [1.82, 2.24) is 4.31 Å². The molecule has 2 rings (SSSR count). The molecule has 21 heavy (non-hydrogen) atoms. The van der Waals surface area contributed by atoms with Crippen LogP contribution in [0.1, 0.15) is 39.0 Å². The Labute approximate surface area is 128 Å². The Morgan fingerprint density at radius 3 is 2.19 bits per heavy atom. The molecule has 0 aromatic heterocycles. The summed E-state index contributed by atoms with van der Waals surface area (Å²) in [5.74, 6) is 0. The summed E-state index contributed by atoms with van der Waals surface area (Å²) in [7, 11) is -0.239. The molecule has 5 heteroatoms. The highest BCUT2D eigenvalue weighted by Crippen LogP contribution is 2.40. The highest BCUT2D eigenvalue weighted by atomic mass is 32.2. The van der Waals surface area contributed by atoms with E-state index in [1.165, 1.54) is 36.4 Å². The molecule has 0 atom stereocenters. The first kappa shape index (κ1) is 16.3. The summed E-state index contributed by atoms with van der Waals surface area (Å²) >= 11 is 0. The van der Waals surface area contributed by atoms with Crippen molar-refractivity contribution in [2.45, 2.75) is 43.9 Å². The number of benzene rings is 1. The predicted octanol–water partition coefficient (Wildman–Crippen LogP) is 3.32. The molecule has 0 spiro atoms. The Hall–Kier alpha value is -1.07. The van der Waals surface area contributed by atoms with Gasteiger partial charge in [0.2, 0.25) is 10.0 Å². The molecule has 0 aliphatic heterocycles. The molecule has 1 fully saturated rings. The van der Waals surface area contributed by atoms with E-state index in [-0.39, 0.29) is 0 Å². The van der Waals surface area contributed by atoms with E-state index in [1.807, 2.05) is 12.1 Å². The third-order valence-corrected chi connectivity index (χ3v) is 6.54. The van der Waals surface area contributed by atoms with Gasteiger partial charge >= 0.3 is 0 Å². The first-order valence-corrected chi connectivity index (χ1v) is 9.10. The van der Waals surface area contributed by atoms with Crippen LogP contribution in [0.2, 0.25) is 0 Å². The van der Waals surface area contributed by atoms with Crippen LogP contribution in [0.3, 0.4) is 0 Å². The molecule has 0 amide bonds. The van der Waals surface area contributed by atoms with Gasteiger partial charge in [-0.1, -0.05) is 19.8 Å². The largest absolute Gasteiger partial charge is 0.384 e. The van der Waals surface area contributed by atoms with Crippen LogP contribution >= 0.6 is 0 Å². The van der Waals surface area contributed by atoms with E-state index in [0.717, 1.165) is 12.2 Å². The van der Waals surface area contributed by atoms with E-state index in [4.69, 9.17) is 0 Å². The number of nitrogens with zero attached hydrogens (tertiary/aromatic N) is 1. The minimum absolute atomic E-state index is 0.337. The molecule has 1 aromatic rings. The van der Waals surface area contributed by atoms with Gasteiger partial charge in [0.15, 0.2) is 0 Å². The van der Waals surface area contributed by atoms with Gasteiger partial charge in [-0.15, -0.1) is 0 Å². The summed E-state index contributed by atoms with van der Waals surface area (Å²) in [6, 6.07) is 7.05. The second kappa shape index (κ2) is 6.36. The van der Waals surface area contributed by atoms with E-state index < -0.39 is 10.0 Å². The average molecular weight is 310 g/mol. The monoisotopic (exact) mass is 310 g/mol. The molecule has 1 aromatic carbocycles. The molecular formula is C16H26N2O2S. The highest BCUT2D eigenvalue weighted by molar-refractivity contribution is 7.89. The summed E-state index contributed by atoms with van der Waals surface area (Å²) in [5, 5.41) is 3.48. The minimum Gasteiger partial charge on any atom is -0.384 e. The third-order valence-electron chi connectivity index (χ3n) is 4.71. The number of nitrogens with one attached hydrogen (secondary N) is 1. The molecule has 1 aliphatic carbocycles. The van der Waals surface area contributed by atoms with E-state index >= 15 is 0 Å². The van der Waals surface area contributed by atoms with Crippen molar-refractivity contribution in [2.75, 3.05) is 26.0 Å². The third kappa shape index (κ3) is 3.58. The lowest BCUT2D eigenvalue weighted by atomic mass is 9.83. The van der Waals surface area contributed by atoms with Gasteiger partial charge < -0.3 is 5.32 Å². The summed E-state index contributed by atoms with van der Waals surface area (Å²) in [5.41, 5.74) is 1.42. The van der Waals surface area contributed by atoms with Gasteiger partial charge in [-0.25, -0.2) is 12.7 Å². The van der Waals surface area contributed by atoms with Gasteiger partial charge in [0.05, 0.1) is 4.90 Å². The van der Waals surface area contributed by atoms with Gasteiger partial charge in [-0.3, -0.25) is 0 Å². The Bertz CT molecular complexity index is 558. The zero-order valence-corrected chi connectivity index (χ0v) is 14.0. The first-order chi connectivity index (χ1) is 9.89. The summed E-state index contributed by atoms with van der Waals surface area (Å²) in [4.78, 5) is 0.337. The Morgan fingerprint density at radius 2 is 1.71 bits per heavy atom. The second-order valence-electron chi connectivity index (χ2n) is 6.23. The van der Waals surface area contributed by atoms with Crippen molar-refractivity contribution < 1.29 is 8.42 Å². The maximum Gasteiger partial charge on any atom is 0.242 e. The highest BCUT2D eigenvalue weighted by Gasteiger charge is 2.31. The Morgan fingerprint density at radius 1 is 1.14 bits per heavy atom. The van der Waals surface area contributed by atoms with Crippen molar-refractivity contribution in [2.24, 2.45) is 5.41 Å². The quantitative estimate of drug-likeness (QED) is 0.877. The van der Waals surface area contributed by atoms with Crippen LogP contribution in [0.25, 0.3) is 0 Å². The van der Waals surface area contributed by atoms with E-state index in [9.17, 15) is 8.42 Å². The van der Waals surface area contributed by atoms with Gasteiger partial charge in [0.1, 0.15) is 0 Å². The summed E-state index contributed by atoms with van der Waals surface area (Å²) in [6.07, 6.45) is 6.45. The lowest BCUT2D eigenvalue weighted by Gasteiger charge is -2.28. The van der Waals surface area contributed by atoms with Crippen molar-refractivity contribution in [3.63, 3.8) is 0 Å². The normalized spacial score (nSPS) is 18.1. The maximum atomic E-state index is 12.0. The number of anilines is 1. The number of hydrogen-bond donors (Lipinski definition) is 1. The van der Waals surface area contributed by atoms with Crippen molar-refractivity contribution in [1.29, 1.82) is 0 Å². The molecule has 0 heterocycles. The Kier molecular flexibility index (Phi) is 4.94. The fourth-order valence-electron chi connectivity index (χ4n) is 3.03. The fourth-order valence-corrected chi connectivity index (χ4v) is 3.93. The molecule has 1 aliphatic rings. The van der Waals surface area contributed by atoms with Crippen LogP contribution in [0.4, 0.5) is 5.69 Å². The molecule has 1 saturated carbocycles. The van der Waals surface area contributed by atoms with Crippen LogP contribution < -0.4 is 5.32 Å². The van der Waals surface area contributed by atoms with Gasteiger partial charge in [0, 0.05) is 26.3 Å². The van der Waals surface area contributed by atoms with Crippen LogP contribution in [-0.2, 0) is 10.0 Å². The first-order valence-electron chi connectivity index (χ1n) is 7.66. The molecule has 1 N–H and O–H groups in total. The topological polar surface area (TPSA) is 49.4 Å². The predicted molar refractivity (Wildman–Crippen MR) is 87.0 cm³/mol. The van der Waals surface area contributed by atoms with E-state index in [0.29, 0.717) is 10.3 Å². The zero-order valence-electron chi connectivity index (χ0n) is 13.2. The maximum absolute atomic E-state index is 12.0. The minimum atomic E-state index is -3.34. The number of rotatable bonds is 6. The van der Waals surface area contributed by atoms with Crippen LogP contribution in [0, 0.1) is 5.41 Å². The number of hydrogen-bond acceptors (Lipinski definition) is 3. The second-order valence-corrected chi connectivity index (χ2v) is 8.38.